The molecule has 1 aliphatic carbocycles. The van der Waals surface area contributed by atoms with E-state index < -0.39 is 15.1 Å². The molecule has 1 saturated heterocycles. The largest absolute Gasteiger partial charge is 0.343 e. The molecule has 1 saturated carbocycles. The van der Waals surface area contributed by atoms with Crippen molar-refractivity contribution in [2.24, 2.45) is 11.8 Å². The van der Waals surface area contributed by atoms with Gasteiger partial charge in [0.1, 0.15) is 0 Å². The number of hydrogen-bond donors (Lipinski definition) is 0. The summed E-state index contributed by atoms with van der Waals surface area (Å²) in [5, 5.41) is -0.471. The molecule has 3 rings (SSSR count). The van der Waals surface area contributed by atoms with Gasteiger partial charge in [-0.2, -0.15) is 0 Å². The summed E-state index contributed by atoms with van der Waals surface area (Å²) in [6.07, 6.45) is 8.79. The Bertz CT molecular complexity index is 755. The molecule has 1 atom stereocenters. The van der Waals surface area contributed by atoms with Gasteiger partial charge in [0, 0.05) is 20.0 Å². The summed E-state index contributed by atoms with van der Waals surface area (Å²) >= 11 is 0. The maximum atomic E-state index is 13.0. The lowest BCUT2D eigenvalue weighted by Crippen LogP contribution is -2.37. The van der Waals surface area contributed by atoms with Gasteiger partial charge >= 0.3 is 0 Å². The van der Waals surface area contributed by atoms with Gasteiger partial charge < -0.3 is 4.90 Å². The quantitative estimate of drug-likeness (QED) is 0.691. The molecular formula is C22H31NO3S. The summed E-state index contributed by atoms with van der Waals surface area (Å²) in [6.45, 7) is 7.09. The second-order valence-corrected chi connectivity index (χ2v) is 10.2. The Kier molecular flexibility index (Phi) is 6.40. The van der Waals surface area contributed by atoms with Crippen molar-refractivity contribution in [2.45, 2.75) is 62.0 Å². The topological polar surface area (TPSA) is 54.5 Å². The molecule has 27 heavy (non-hydrogen) atoms. The second kappa shape index (κ2) is 8.59. The van der Waals surface area contributed by atoms with Gasteiger partial charge in [0.25, 0.3) is 0 Å². The molecule has 4 nitrogen and oxygen atoms in total. The summed E-state index contributed by atoms with van der Waals surface area (Å²) in [5.41, 5.74) is 1.17. The Morgan fingerprint density at radius 2 is 1.74 bits per heavy atom. The Balaban J connectivity index is 1.64. The molecule has 0 spiro atoms. The van der Waals surface area contributed by atoms with E-state index in [9.17, 15) is 13.2 Å². The Labute approximate surface area is 163 Å². The molecule has 2 aliphatic rings. The fraction of sp³-hybridized carbons (Fsp3) is 0.591. The van der Waals surface area contributed by atoms with Gasteiger partial charge in [-0.1, -0.05) is 31.1 Å². The van der Waals surface area contributed by atoms with Crippen LogP contribution >= 0.6 is 0 Å². The van der Waals surface area contributed by atoms with Crippen molar-refractivity contribution in [1.82, 2.24) is 4.90 Å². The van der Waals surface area contributed by atoms with Crippen molar-refractivity contribution < 1.29 is 13.2 Å². The Hall–Kier alpha value is -1.62. The van der Waals surface area contributed by atoms with Crippen molar-refractivity contribution in [3.05, 3.63) is 42.5 Å². The van der Waals surface area contributed by atoms with Crippen molar-refractivity contribution >= 4 is 15.7 Å². The van der Waals surface area contributed by atoms with Crippen LogP contribution in [0.15, 0.2) is 41.8 Å². The number of hydrogen-bond acceptors (Lipinski definition) is 3. The SMILES string of the molecule is C=CC(C1CCCC1)S(=O)(=O)c1ccc(CC2CCN(C(C)=O)CC2)cc1. The van der Waals surface area contributed by atoms with E-state index >= 15 is 0 Å². The zero-order chi connectivity index (χ0) is 19.4. The highest BCUT2D eigenvalue weighted by molar-refractivity contribution is 7.92. The number of carbonyl (C=O) groups excluding carboxylic acids is 1. The lowest BCUT2D eigenvalue weighted by molar-refractivity contribution is -0.130. The number of piperidine rings is 1. The maximum absolute atomic E-state index is 13.0. The molecule has 1 heterocycles. The first-order chi connectivity index (χ1) is 12.9. The van der Waals surface area contributed by atoms with Gasteiger partial charge in [-0.25, -0.2) is 8.42 Å². The predicted molar refractivity (Wildman–Crippen MR) is 108 cm³/mol. The molecule has 1 unspecified atom stereocenters. The number of carbonyl (C=O) groups is 1. The second-order valence-electron chi connectivity index (χ2n) is 8.09. The molecule has 0 aromatic heterocycles. The molecule has 1 aliphatic heterocycles. The number of sulfone groups is 1. The van der Waals surface area contributed by atoms with Crippen LogP contribution in [0.5, 0.6) is 0 Å². The lowest BCUT2D eigenvalue weighted by Gasteiger charge is -2.31. The molecule has 0 radical (unpaired) electrons. The van der Waals surface area contributed by atoms with Crippen molar-refractivity contribution in [1.29, 1.82) is 0 Å². The highest BCUT2D eigenvalue weighted by Crippen LogP contribution is 2.34. The Morgan fingerprint density at radius 3 is 2.26 bits per heavy atom. The van der Waals surface area contributed by atoms with Crippen LogP contribution in [-0.4, -0.2) is 37.6 Å². The van der Waals surface area contributed by atoms with Crippen molar-refractivity contribution in [3.8, 4) is 0 Å². The number of amides is 1. The van der Waals surface area contributed by atoms with Crippen LogP contribution < -0.4 is 0 Å². The average Bonchev–Trinajstić information content (AvgIpc) is 3.17. The molecule has 0 bridgehead atoms. The van der Waals surface area contributed by atoms with E-state index in [-0.39, 0.29) is 11.8 Å². The highest BCUT2D eigenvalue weighted by atomic mass is 32.2. The van der Waals surface area contributed by atoms with Gasteiger partial charge in [0.15, 0.2) is 9.84 Å². The molecular weight excluding hydrogens is 358 g/mol. The lowest BCUT2D eigenvalue weighted by atomic mass is 9.90. The first-order valence-electron chi connectivity index (χ1n) is 10.1. The molecule has 2 fully saturated rings. The zero-order valence-corrected chi connectivity index (χ0v) is 17.1. The number of likely N-dealkylation sites (tertiary alicyclic amines) is 1. The van der Waals surface area contributed by atoms with Gasteiger partial charge in [-0.05, 0) is 61.6 Å². The molecule has 1 aromatic carbocycles. The summed E-state index contributed by atoms with van der Waals surface area (Å²) in [4.78, 5) is 13.8. The monoisotopic (exact) mass is 389 g/mol. The third kappa shape index (κ3) is 4.63. The van der Waals surface area contributed by atoms with E-state index in [1.807, 2.05) is 17.0 Å². The van der Waals surface area contributed by atoms with E-state index in [4.69, 9.17) is 0 Å². The molecule has 5 heteroatoms. The fourth-order valence-electron chi connectivity index (χ4n) is 4.62. The number of benzene rings is 1. The highest BCUT2D eigenvalue weighted by Gasteiger charge is 2.34. The van der Waals surface area contributed by atoms with Crippen LogP contribution in [-0.2, 0) is 21.1 Å². The van der Waals surface area contributed by atoms with Crippen LogP contribution in [0.4, 0.5) is 0 Å². The van der Waals surface area contributed by atoms with Crippen molar-refractivity contribution in [3.63, 3.8) is 0 Å². The third-order valence-corrected chi connectivity index (χ3v) is 8.51. The predicted octanol–water partition coefficient (Wildman–Crippen LogP) is 4.01. The summed E-state index contributed by atoms with van der Waals surface area (Å²) in [6, 6.07) is 7.44. The van der Waals surface area contributed by atoms with E-state index in [0.29, 0.717) is 10.8 Å². The van der Waals surface area contributed by atoms with Crippen LogP contribution in [0.2, 0.25) is 0 Å². The summed E-state index contributed by atoms with van der Waals surface area (Å²) < 4.78 is 26.1. The van der Waals surface area contributed by atoms with Gasteiger partial charge in [0.2, 0.25) is 5.91 Å². The van der Waals surface area contributed by atoms with Crippen LogP contribution in [0, 0.1) is 11.8 Å². The summed E-state index contributed by atoms with van der Waals surface area (Å²) in [7, 11) is -3.36. The first-order valence-corrected chi connectivity index (χ1v) is 11.7. The van der Waals surface area contributed by atoms with Gasteiger partial charge in [-0.15, -0.1) is 6.58 Å². The minimum absolute atomic E-state index is 0.155. The molecule has 0 N–H and O–H groups in total. The third-order valence-electron chi connectivity index (χ3n) is 6.29. The van der Waals surface area contributed by atoms with Crippen LogP contribution in [0.3, 0.4) is 0 Å². The minimum Gasteiger partial charge on any atom is -0.343 e. The van der Waals surface area contributed by atoms with E-state index in [1.54, 1.807) is 25.1 Å². The zero-order valence-electron chi connectivity index (χ0n) is 16.3. The smallest absolute Gasteiger partial charge is 0.219 e. The first kappa shape index (κ1) is 20.1. The number of rotatable bonds is 6. The van der Waals surface area contributed by atoms with E-state index in [0.717, 1.165) is 58.0 Å². The van der Waals surface area contributed by atoms with Crippen LogP contribution in [0.1, 0.15) is 51.0 Å². The number of nitrogens with zero attached hydrogens (tertiary/aromatic N) is 1. The maximum Gasteiger partial charge on any atom is 0.219 e. The molecule has 148 valence electrons. The fourth-order valence-corrected chi connectivity index (χ4v) is 6.48. The molecule has 1 amide bonds. The normalized spacial score (nSPS) is 20.6. The minimum atomic E-state index is -3.36. The van der Waals surface area contributed by atoms with Gasteiger partial charge in [0.05, 0.1) is 10.1 Å². The van der Waals surface area contributed by atoms with Crippen LogP contribution in [0.25, 0.3) is 0 Å². The average molecular weight is 390 g/mol. The van der Waals surface area contributed by atoms with E-state index in [1.165, 1.54) is 5.56 Å². The van der Waals surface area contributed by atoms with Gasteiger partial charge in [-0.3, -0.25) is 4.79 Å². The standard InChI is InChI=1S/C22H31NO3S/c1-3-22(20-6-4-5-7-20)27(25,26)21-10-8-18(9-11-21)16-19-12-14-23(15-13-19)17(2)24/h3,8-11,19-20,22H,1,4-7,12-16H2,2H3. The summed E-state index contributed by atoms with van der Waals surface area (Å²) in [5.74, 6) is 0.920. The Morgan fingerprint density at radius 1 is 1.15 bits per heavy atom. The molecule has 1 aromatic rings. The van der Waals surface area contributed by atoms with Crippen molar-refractivity contribution in [2.75, 3.05) is 13.1 Å². The van der Waals surface area contributed by atoms with E-state index in [2.05, 4.69) is 6.58 Å².